The van der Waals surface area contributed by atoms with Gasteiger partial charge in [0.05, 0.1) is 0 Å². The fourth-order valence-corrected chi connectivity index (χ4v) is 12.0. The minimum absolute atomic E-state index is 0.932. The molecule has 0 aliphatic carbocycles. The van der Waals surface area contributed by atoms with Crippen molar-refractivity contribution in [1.29, 1.82) is 0 Å². The SMILES string of the molecule is Cc1ccc(CP(Br)(c2ccc(C)cc2)(c2ccc(C)cc2)c2ccc(C)cc2)cc1. The number of hydrogen-bond acceptors (Lipinski definition) is 0. The first-order valence-electron chi connectivity index (χ1n) is 10.8. The van der Waals surface area contributed by atoms with Gasteiger partial charge in [-0.15, -0.1) is 0 Å². The van der Waals surface area contributed by atoms with Gasteiger partial charge in [-0.1, -0.05) is 0 Å². The number of aryl methyl sites for hydroxylation is 4. The van der Waals surface area contributed by atoms with Crippen LogP contribution in [0.1, 0.15) is 27.8 Å². The van der Waals surface area contributed by atoms with Crippen molar-refractivity contribution >= 4 is 36.7 Å². The number of halogens is 1. The van der Waals surface area contributed by atoms with Crippen molar-refractivity contribution in [2.24, 2.45) is 0 Å². The summed E-state index contributed by atoms with van der Waals surface area (Å²) in [7, 11) is 0. The van der Waals surface area contributed by atoms with Crippen LogP contribution in [0.3, 0.4) is 0 Å². The Bertz CT molecular complexity index is 1060. The molecule has 0 nitrogen and oxygen atoms in total. The van der Waals surface area contributed by atoms with Crippen LogP contribution >= 0.6 is 20.8 Å². The topological polar surface area (TPSA) is 0 Å². The van der Waals surface area contributed by atoms with Gasteiger partial charge in [0.1, 0.15) is 0 Å². The van der Waals surface area contributed by atoms with E-state index in [-0.39, 0.29) is 0 Å². The molecule has 0 aromatic heterocycles. The van der Waals surface area contributed by atoms with Gasteiger partial charge in [-0.3, -0.25) is 0 Å². The van der Waals surface area contributed by atoms with Gasteiger partial charge in [-0.05, 0) is 0 Å². The van der Waals surface area contributed by atoms with Gasteiger partial charge in [0.15, 0.2) is 0 Å². The van der Waals surface area contributed by atoms with Gasteiger partial charge in [0.25, 0.3) is 0 Å². The molecule has 0 heterocycles. The van der Waals surface area contributed by atoms with Crippen molar-refractivity contribution in [3.05, 3.63) is 125 Å². The van der Waals surface area contributed by atoms with E-state index in [9.17, 15) is 0 Å². The van der Waals surface area contributed by atoms with Crippen molar-refractivity contribution in [2.75, 3.05) is 0 Å². The molecule has 0 fully saturated rings. The molecular weight excluding hydrogens is 459 g/mol. The molecule has 0 N–H and O–H groups in total. The summed E-state index contributed by atoms with van der Waals surface area (Å²) in [5.41, 5.74) is 6.49. The fourth-order valence-electron chi connectivity index (χ4n) is 4.32. The first-order chi connectivity index (χ1) is 14.8. The molecule has 0 radical (unpaired) electrons. The van der Waals surface area contributed by atoms with Crippen LogP contribution in [0.2, 0.25) is 0 Å². The fraction of sp³-hybridized carbons (Fsp3) is 0.172. The number of rotatable bonds is 5. The average molecular weight is 489 g/mol. The van der Waals surface area contributed by atoms with Gasteiger partial charge < -0.3 is 0 Å². The van der Waals surface area contributed by atoms with Gasteiger partial charge in [-0.2, -0.15) is 0 Å². The van der Waals surface area contributed by atoms with Crippen molar-refractivity contribution < 1.29 is 0 Å². The summed E-state index contributed by atoms with van der Waals surface area (Å²) in [6.07, 6.45) is 0.932. The van der Waals surface area contributed by atoms with E-state index in [1.54, 1.807) is 0 Å². The third-order valence-electron chi connectivity index (χ3n) is 6.32. The zero-order chi connectivity index (χ0) is 22.1. The van der Waals surface area contributed by atoms with E-state index >= 15 is 0 Å². The van der Waals surface area contributed by atoms with Crippen molar-refractivity contribution in [3.8, 4) is 0 Å². The molecule has 158 valence electrons. The molecule has 0 aliphatic heterocycles. The summed E-state index contributed by atoms with van der Waals surface area (Å²) in [6.45, 7) is 8.62. The molecule has 0 atom stereocenters. The first-order valence-corrected chi connectivity index (χ1v) is 15.2. The van der Waals surface area contributed by atoms with E-state index in [4.69, 9.17) is 0 Å². The monoisotopic (exact) mass is 488 g/mol. The second-order valence-electron chi connectivity index (χ2n) is 8.83. The quantitative estimate of drug-likeness (QED) is 0.259. The maximum absolute atomic E-state index is 4.58. The van der Waals surface area contributed by atoms with Gasteiger partial charge >= 0.3 is 195 Å². The van der Waals surface area contributed by atoms with E-state index in [0.29, 0.717) is 0 Å². The minimum atomic E-state index is -2.96. The summed E-state index contributed by atoms with van der Waals surface area (Å²) < 4.78 is 0. The summed E-state index contributed by atoms with van der Waals surface area (Å²) in [5.74, 6) is 0. The second-order valence-corrected chi connectivity index (χ2v) is 17.8. The molecule has 0 bridgehead atoms. The molecule has 0 saturated heterocycles. The van der Waals surface area contributed by atoms with Crippen LogP contribution in [0.5, 0.6) is 0 Å². The molecule has 2 heteroatoms. The first kappa shape index (κ1) is 22.0. The third kappa shape index (κ3) is 4.02. The van der Waals surface area contributed by atoms with E-state index < -0.39 is 5.31 Å². The summed E-state index contributed by atoms with van der Waals surface area (Å²) in [5, 5.41) is 1.14. The van der Waals surface area contributed by atoms with Gasteiger partial charge in [-0.25, -0.2) is 0 Å². The van der Waals surface area contributed by atoms with Crippen molar-refractivity contribution in [2.45, 2.75) is 33.9 Å². The normalized spacial score (nSPS) is 12.9. The molecule has 0 unspecified atom stereocenters. The zero-order valence-electron chi connectivity index (χ0n) is 18.8. The van der Waals surface area contributed by atoms with E-state index in [1.165, 1.54) is 43.7 Å². The standard InChI is InChI=1S/C29H30BrP/c1-22-5-13-26(14-6-22)21-31(30,27-15-7-23(2)8-16-27,28-17-9-24(3)10-18-28)29-19-11-25(4)12-20-29/h5-20H,21H2,1-4H3. The zero-order valence-corrected chi connectivity index (χ0v) is 21.3. The van der Waals surface area contributed by atoms with E-state index in [1.807, 2.05) is 0 Å². The van der Waals surface area contributed by atoms with E-state index in [0.717, 1.165) is 6.16 Å². The molecular formula is C29H30BrP. The second kappa shape index (κ2) is 8.38. The Morgan fingerprint density at radius 3 is 1.00 bits per heavy atom. The van der Waals surface area contributed by atoms with Crippen LogP contribution in [-0.2, 0) is 6.16 Å². The molecule has 0 spiro atoms. The van der Waals surface area contributed by atoms with Gasteiger partial charge in [0, 0.05) is 0 Å². The van der Waals surface area contributed by atoms with E-state index in [2.05, 4.69) is 140 Å². The van der Waals surface area contributed by atoms with Crippen LogP contribution in [0, 0.1) is 27.7 Å². The Morgan fingerprint density at radius 1 is 0.452 bits per heavy atom. The molecule has 4 aromatic carbocycles. The summed E-state index contributed by atoms with van der Waals surface area (Å²) in [6, 6.07) is 36.5. The van der Waals surface area contributed by atoms with Crippen LogP contribution in [-0.4, -0.2) is 0 Å². The predicted molar refractivity (Wildman–Crippen MR) is 143 cm³/mol. The van der Waals surface area contributed by atoms with Gasteiger partial charge in [0.2, 0.25) is 0 Å². The molecule has 31 heavy (non-hydrogen) atoms. The number of hydrogen-bond donors (Lipinski definition) is 0. The molecule has 4 rings (SSSR count). The van der Waals surface area contributed by atoms with Crippen LogP contribution < -0.4 is 15.9 Å². The predicted octanol–water partition coefficient (Wildman–Crippen LogP) is 7.26. The summed E-state index contributed by atoms with van der Waals surface area (Å²) >= 11 is 4.58. The Hall–Kier alpha value is -2.21. The maximum atomic E-state index is 4.58. The Morgan fingerprint density at radius 2 is 0.710 bits per heavy atom. The molecule has 0 amide bonds. The summed E-state index contributed by atoms with van der Waals surface area (Å²) in [4.78, 5) is 0. The van der Waals surface area contributed by atoms with Crippen LogP contribution in [0.4, 0.5) is 0 Å². The van der Waals surface area contributed by atoms with Crippen molar-refractivity contribution in [1.82, 2.24) is 0 Å². The van der Waals surface area contributed by atoms with Crippen LogP contribution in [0.25, 0.3) is 0 Å². The molecule has 0 aliphatic rings. The Balaban J connectivity index is 2.09. The Kier molecular flexibility index (Phi) is 5.95. The van der Waals surface area contributed by atoms with Crippen LogP contribution in [0.15, 0.2) is 97.1 Å². The van der Waals surface area contributed by atoms with Crippen molar-refractivity contribution in [3.63, 3.8) is 0 Å². The molecule has 4 aromatic rings. The molecule has 0 saturated carbocycles. The Labute approximate surface area is 195 Å². The third-order valence-corrected chi connectivity index (χ3v) is 15.8. The number of benzene rings is 4. The average Bonchev–Trinajstić information content (AvgIpc) is 2.77.